The molecule has 0 fully saturated rings. The Morgan fingerprint density at radius 1 is 1.23 bits per heavy atom. The normalized spacial score (nSPS) is 10.1. The minimum absolute atomic E-state index is 0.257. The third-order valence-electron chi connectivity index (χ3n) is 2.94. The highest BCUT2D eigenvalue weighted by Gasteiger charge is 2.03. The Hall–Kier alpha value is -2.99. The van der Waals surface area contributed by atoms with Crippen LogP contribution in [0.4, 0.5) is 5.69 Å². The molecule has 0 aliphatic carbocycles. The van der Waals surface area contributed by atoms with Gasteiger partial charge in [-0.25, -0.2) is 0 Å². The minimum atomic E-state index is 0.257. The van der Waals surface area contributed by atoms with E-state index in [1.165, 1.54) is 0 Å². The number of para-hydroxylation sites is 1. The molecular weight excluding hydrogens is 272 g/mol. The predicted molar refractivity (Wildman–Crippen MR) is 92.3 cm³/mol. The first kappa shape index (κ1) is 15.4. The van der Waals surface area contributed by atoms with E-state index in [-0.39, 0.29) is 6.61 Å². The molecule has 0 heterocycles. The highest BCUT2D eigenvalue weighted by Crippen LogP contribution is 2.20. The Kier molecular flexibility index (Phi) is 5.83. The molecule has 0 saturated heterocycles. The molecule has 2 rings (SSSR count). The Labute approximate surface area is 131 Å². The maximum absolute atomic E-state index is 5.52. The summed E-state index contributed by atoms with van der Waals surface area (Å²) < 4.78 is 5.52. The summed E-state index contributed by atoms with van der Waals surface area (Å²) in [6, 6.07) is 15.6. The Bertz CT molecular complexity index is 684. The molecular formula is C19H18N2O. The molecule has 0 atom stereocenters. The van der Waals surface area contributed by atoms with Crippen LogP contribution in [0, 0.1) is 12.3 Å². The SMILES string of the molecule is C#CCOc1ccc(C=NNc2ccccc2)cc1CC=C. The van der Waals surface area contributed by atoms with Crippen LogP contribution in [-0.4, -0.2) is 12.8 Å². The lowest BCUT2D eigenvalue weighted by atomic mass is 10.1. The van der Waals surface area contributed by atoms with E-state index >= 15 is 0 Å². The van der Waals surface area contributed by atoms with E-state index in [1.807, 2.05) is 54.6 Å². The van der Waals surface area contributed by atoms with Gasteiger partial charge in [0, 0.05) is 0 Å². The van der Waals surface area contributed by atoms with Gasteiger partial charge in [-0.1, -0.05) is 30.2 Å². The van der Waals surface area contributed by atoms with Gasteiger partial charge in [-0.05, 0) is 47.9 Å². The number of nitrogens with one attached hydrogen (secondary N) is 1. The van der Waals surface area contributed by atoms with Gasteiger partial charge in [-0.2, -0.15) is 5.10 Å². The van der Waals surface area contributed by atoms with E-state index in [9.17, 15) is 0 Å². The summed E-state index contributed by atoms with van der Waals surface area (Å²) in [5, 5.41) is 4.23. The number of ether oxygens (including phenoxy) is 1. The van der Waals surface area contributed by atoms with Crippen molar-refractivity contribution in [1.82, 2.24) is 0 Å². The molecule has 0 amide bonds. The van der Waals surface area contributed by atoms with Crippen molar-refractivity contribution in [2.45, 2.75) is 6.42 Å². The number of benzene rings is 2. The molecule has 0 radical (unpaired) electrons. The lowest BCUT2D eigenvalue weighted by Crippen LogP contribution is -1.99. The smallest absolute Gasteiger partial charge is 0.148 e. The van der Waals surface area contributed by atoms with Crippen LogP contribution >= 0.6 is 0 Å². The molecule has 2 aromatic carbocycles. The summed E-state index contributed by atoms with van der Waals surface area (Å²) in [6.07, 6.45) is 9.55. The van der Waals surface area contributed by atoms with E-state index in [4.69, 9.17) is 11.2 Å². The molecule has 0 aromatic heterocycles. The molecule has 3 heteroatoms. The summed E-state index contributed by atoms with van der Waals surface area (Å²) in [6.45, 7) is 4.02. The van der Waals surface area contributed by atoms with Crippen molar-refractivity contribution >= 4 is 11.9 Å². The molecule has 0 spiro atoms. The van der Waals surface area contributed by atoms with Crippen molar-refractivity contribution in [1.29, 1.82) is 0 Å². The molecule has 0 unspecified atom stereocenters. The average Bonchev–Trinajstić information content (AvgIpc) is 2.55. The van der Waals surface area contributed by atoms with E-state index in [2.05, 4.69) is 23.0 Å². The molecule has 0 bridgehead atoms. The van der Waals surface area contributed by atoms with Crippen molar-refractivity contribution in [3.05, 3.63) is 72.3 Å². The number of hydrogen-bond donors (Lipinski definition) is 1. The van der Waals surface area contributed by atoms with Crippen LogP contribution < -0.4 is 10.2 Å². The van der Waals surface area contributed by atoms with Gasteiger partial charge in [0.05, 0.1) is 11.9 Å². The third-order valence-corrected chi connectivity index (χ3v) is 2.94. The molecule has 110 valence electrons. The zero-order valence-electron chi connectivity index (χ0n) is 12.3. The summed E-state index contributed by atoms with van der Waals surface area (Å²) >= 11 is 0. The number of allylic oxidation sites excluding steroid dienone is 1. The third kappa shape index (κ3) is 4.53. The second-order valence-corrected chi connectivity index (χ2v) is 4.59. The Balaban J connectivity index is 2.09. The first-order valence-electron chi connectivity index (χ1n) is 6.97. The summed E-state index contributed by atoms with van der Waals surface area (Å²) in [7, 11) is 0. The number of anilines is 1. The number of hydrogen-bond acceptors (Lipinski definition) is 3. The number of terminal acetylenes is 1. The molecule has 0 aliphatic heterocycles. The standard InChI is InChI=1S/C19H18N2O/c1-3-8-17-14-16(11-12-19(17)22-13-4-2)15-20-21-18-9-6-5-7-10-18/h2-3,5-7,9-12,14-15,21H,1,8,13H2. The van der Waals surface area contributed by atoms with E-state index in [0.717, 1.165) is 22.6 Å². The van der Waals surface area contributed by atoms with Crippen LogP contribution in [-0.2, 0) is 6.42 Å². The average molecular weight is 290 g/mol. The van der Waals surface area contributed by atoms with Crippen LogP contribution in [0.1, 0.15) is 11.1 Å². The summed E-state index contributed by atoms with van der Waals surface area (Å²) in [4.78, 5) is 0. The highest BCUT2D eigenvalue weighted by atomic mass is 16.5. The van der Waals surface area contributed by atoms with Crippen molar-refractivity contribution < 1.29 is 4.74 Å². The molecule has 0 saturated carbocycles. The van der Waals surface area contributed by atoms with Gasteiger partial charge in [0.2, 0.25) is 0 Å². The quantitative estimate of drug-likeness (QED) is 0.363. The fourth-order valence-electron chi connectivity index (χ4n) is 1.95. The van der Waals surface area contributed by atoms with Gasteiger partial charge in [-0.3, -0.25) is 5.43 Å². The highest BCUT2D eigenvalue weighted by molar-refractivity contribution is 5.81. The van der Waals surface area contributed by atoms with Gasteiger partial charge in [0.25, 0.3) is 0 Å². The van der Waals surface area contributed by atoms with Crippen LogP contribution in [0.2, 0.25) is 0 Å². The molecule has 2 aromatic rings. The maximum Gasteiger partial charge on any atom is 0.148 e. The molecule has 0 aliphatic rings. The van der Waals surface area contributed by atoms with Gasteiger partial charge < -0.3 is 4.74 Å². The zero-order chi connectivity index (χ0) is 15.6. The van der Waals surface area contributed by atoms with Crippen LogP contribution in [0.5, 0.6) is 5.75 Å². The molecule has 1 N–H and O–H groups in total. The first-order chi connectivity index (χ1) is 10.8. The van der Waals surface area contributed by atoms with Gasteiger partial charge in [-0.15, -0.1) is 13.0 Å². The van der Waals surface area contributed by atoms with Crippen LogP contribution in [0.15, 0.2) is 66.3 Å². The summed E-state index contributed by atoms with van der Waals surface area (Å²) in [5.41, 5.74) is 5.94. The predicted octanol–water partition coefficient (Wildman–Crippen LogP) is 3.87. The van der Waals surface area contributed by atoms with E-state index < -0.39 is 0 Å². The maximum atomic E-state index is 5.52. The van der Waals surface area contributed by atoms with Gasteiger partial charge in [0.1, 0.15) is 12.4 Å². The summed E-state index contributed by atoms with van der Waals surface area (Å²) in [5.74, 6) is 3.25. The second-order valence-electron chi connectivity index (χ2n) is 4.59. The number of rotatable bonds is 7. The minimum Gasteiger partial charge on any atom is -0.481 e. The fraction of sp³-hybridized carbons (Fsp3) is 0.105. The Morgan fingerprint density at radius 2 is 2.05 bits per heavy atom. The largest absolute Gasteiger partial charge is 0.481 e. The fourth-order valence-corrected chi connectivity index (χ4v) is 1.95. The zero-order valence-corrected chi connectivity index (χ0v) is 12.3. The lowest BCUT2D eigenvalue weighted by Gasteiger charge is -2.09. The van der Waals surface area contributed by atoms with Crippen molar-refractivity contribution in [2.24, 2.45) is 5.10 Å². The topological polar surface area (TPSA) is 33.6 Å². The van der Waals surface area contributed by atoms with Crippen molar-refractivity contribution in [2.75, 3.05) is 12.0 Å². The monoisotopic (exact) mass is 290 g/mol. The number of nitrogens with zero attached hydrogens (tertiary/aromatic N) is 1. The van der Waals surface area contributed by atoms with Gasteiger partial charge >= 0.3 is 0 Å². The second kappa shape index (κ2) is 8.33. The van der Waals surface area contributed by atoms with Crippen LogP contribution in [0.3, 0.4) is 0 Å². The van der Waals surface area contributed by atoms with Crippen molar-refractivity contribution in [3.8, 4) is 18.1 Å². The Morgan fingerprint density at radius 3 is 2.77 bits per heavy atom. The van der Waals surface area contributed by atoms with Gasteiger partial charge in [0.15, 0.2) is 0 Å². The molecule has 3 nitrogen and oxygen atoms in total. The first-order valence-corrected chi connectivity index (χ1v) is 6.97. The number of hydrazone groups is 1. The van der Waals surface area contributed by atoms with Crippen molar-refractivity contribution in [3.63, 3.8) is 0 Å². The van der Waals surface area contributed by atoms with E-state index in [0.29, 0.717) is 6.42 Å². The van der Waals surface area contributed by atoms with E-state index in [1.54, 1.807) is 6.21 Å². The van der Waals surface area contributed by atoms with Crippen LogP contribution in [0.25, 0.3) is 0 Å². The lowest BCUT2D eigenvalue weighted by molar-refractivity contribution is 0.367. The molecule has 22 heavy (non-hydrogen) atoms.